The predicted octanol–water partition coefficient (Wildman–Crippen LogP) is 6.48. The van der Waals surface area contributed by atoms with Gasteiger partial charge in [-0.1, -0.05) is 61.2 Å². The molecule has 228 valence electrons. The smallest absolute Gasteiger partial charge is 0.406 e. The number of ether oxygens (including phenoxy) is 1. The van der Waals surface area contributed by atoms with Crippen molar-refractivity contribution >= 4 is 34.6 Å². The van der Waals surface area contributed by atoms with Crippen molar-refractivity contribution < 1.29 is 27.5 Å². The lowest BCUT2D eigenvalue weighted by Crippen LogP contribution is -2.35. The molecule has 1 aliphatic rings. The largest absolute Gasteiger partial charge is 0.573 e. The number of aliphatic imine (C=N–C) groups is 1. The average molecular weight is 623 g/mol. The lowest BCUT2D eigenvalue weighted by Gasteiger charge is -2.22. The van der Waals surface area contributed by atoms with Gasteiger partial charge in [-0.25, -0.2) is 14.5 Å². The second kappa shape index (κ2) is 12.9. The summed E-state index contributed by atoms with van der Waals surface area (Å²) in [6, 6.07) is 18.0. The van der Waals surface area contributed by atoms with Gasteiger partial charge in [0.05, 0.1) is 17.1 Å². The lowest BCUT2D eigenvalue weighted by molar-refractivity contribution is -0.274. The van der Waals surface area contributed by atoms with Gasteiger partial charge in [0, 0.05) is 11.6 Å². The van der Waals surface area contributed by atoms with E-state index in [2.05, 4.69) is 25.1 Å². The number of amides is 3. The van der Waals surface area contributed by atoms with Crippen molar-refractivity contribution in [3.05, 3.63) is 89.7 Å². The third-order valence-electron chi connectivity index (χ3n) is 6.84. The van der Waals surface area contributed by atoms with Crippen molar-refractivity contribution in [2.45, 2.75) is 46.0 Å². The number of anilines is 1. The number of carbonyl (C=O) groups excluding carboxylic acids is 2. The molecule has 0 spiro atoms. The van der Waals surface area contributed by atoms with Crippen LogP contribution in [-0.2, 0) is 17.6 Å². The Balaban J connectivity index is 1.20. The summed E-state index contributed by atoms with van der Waals surface area (Å²) in [6.45, 7) is 5.84. The molecular weight excluding hydrogens is 593 g/mol. The molecule has 1 N–H and O–H groups in total. The molecule has 3 amide bonds. The lowest BCUT2D eigenvalue weighted by atomic mass is 10.0. The van der Waals surface area contributed by atoms with Gasteiger partial charge in [-0.3, -0.25) is 9.69 Å². The van der Waals surface area contributed by atoms with E-state index in [0.29, 0.717) is 23.1 Å². The minimum Gasteiger partial charge on any atom is -0.406 e. The fourth-order valence-corrected chi connectivity index (χ4v) is 5.69. The summed E-state index contributed by atoms with van der Waals surface area (Å²) in [7, 11) is 0. The summed E-state index contributed by atoms with van der Waals surface area (Å²) in [5.74, 6) is 0.239. The number of hydrogen-bond acceptors (Lipinski definition) is 6. The van der Waals surface area contributed by atoms with Gasteiger partial charge in [0.25, 0.3) is 0 Å². The van der Waals surface area contributed by atoms with Crippen LogP contribution in [0.3, 0.4) is 0 Å². The first-order valence-corrected chi connectivity index (χ1v) is 14.8. The number of halogens is 3. The van der Waals surface area contributed by atoms with E-state index in [0.717, 1.165) is 34.4 Å². The van der Waals surface area contributed by atoms with Crippen molar-refractivity contribution in [1.82, 2.24) is 20.1 Å². The fraction of sp³-hybridized carbons (Fsp3) is 0.258. The fourth-order valence-electron chi connectivity index (χ4n) is 4.83. The van der Waals surface area contributed by atoms with E-state index < -0.39 is 12.4 Å². The highest BCUT2D eigenvalue weighted by atomic mass is 32.2. The van der Waals surface area contributed by atoms with Gasteiger partial charge in [0.2, 0.25) is 5.91 Å². The van der Waals surface area contributed by atoms with Crippen molar-refractivity contribution in [3.8, 4) is 22.8 Å². The number of thioether (sulfide) groups is 1. The predicted molar refractivity (Wildman–Crippen MR) is 163 cm³/mol. The molecule has 1 aromatic heterocycles. The van der Waals surface area contributed by atoms with E-state index in [4.69, 9.17) is 0 Å². The Morgan fingerprint density at radius 3 is 2.52 bits per heavy atom. The van der Waals surface area contributed by atoms with Gasteiger partial charge >= 0.3 is 12.4 Å². The maximum Gasteiger partial charge on any atom is 0.573 e. The Kier molecular flexibility index (Phi) is 9.04. The highest BCUT2D eigenvalue weighted by Gasteiger charge is 2.33. The number of nitrogens with zero attached hydrogens (tertiary/aromatic N) is 5. The molecule has 1 aliphatic heterocycles. The Bertz CT molecular complexity index is 1690. The van der Waals surface area contributed by atoms with Crippen molar-refractivity contribution in [3.63, 3.8) is 0 Å². The molecule has 0 aliphatic carbocycles. The monoisotopic (exact) mass is 622 g/mol. The molecule has 3 aromatic carbocycles. The molecule has 5 rings (SSSR count). The molecule has 2 heterocycles. The zero-order chi connectivity index (χ0) is 31.4. The van der Waals surface area contributed by atoms with Crippen LogP contribution in [0.2, 0.25) is 0 Å². The minimum absolute atomic E-state index is 0.105. The Morgan fingerprint density at radius 2 is 1.84 bits per heavy atom. The van der Waals surface area contributed by atoms with Crippen molar-refractivity contribution in [1.29, 1.82) is 0 Å². The van der Waals surface area contributed by atoms with E-state index in [1.165, 1.54) is 47.0 Å². The van der Waals surface area contributed by atoms with Gasteiger partial charge in [-0.15, -0.1) is 18.3 Å². The summed E-state index contributed by atoms with van der Waals surface area (Å²) in [6.07, 6.45) is -2.00. The molecule has 1 fully saturated rings. The summed E-state index contributed by atoms with van der Waals surface area (Å²) in [5.41, 5.74) is 4.99. The molecule has 9 nitrogen and oxygen atoms in total. The normalized spacial score (nSPS) is 15.1. The molecule has 1 unspecified atom stereocenters. The topological polar surface area (TPSA) is 102 Å². The molecule has 0 bridgehead atoms. The molecule has 1 saturated heterocycles. The summed E-state index contributed by atoms with van der Waals surface area (Å²) in [4.78, 5) is 35.7. The summed E-state index contributed by atoms with van der Waals surface area (Å²) >= 11 is 1.25. The maximum atomic E-state index is 12.8. The number of para-hydroxylation sites is 1. The number of alkyl halides is 3. The number of aryl methyl sites for hydroxylation is 2. The molecule has 4 aromatic rings. The number of amidine groups is 1. The van der Waals surface area contributed by atoms with Gasteiger partial charge in [0.15, 0.2) is 11.0 Å². The van der Waals surface area contributed by atoms with Crippen LogP contribution in [0, 0.1) is 6.92 Å². The van der Waals surface area contributed by atoms with Crippen LogP contribution in [0.1, 0.15) is 30.5 Å². The van der Waals surface area contributed by atoms with Crippen LogP contribution in [-0.4, -0.2) is 50.0 Å². The third-order valence-corrected chi connectivity index (χ3v) is 7.76. The Morgan fingerprint density at radius 1 is 1.11 bits per heavy atom. The molecule has 13 heteroatoms. The van der Waals surface area contributed by atoms with Gasteiger partial charge in [-0.2, -0.15) is 4.99 Å². The number of nitrogens with one attached hydrogen (secondary N) is 1. The molecule has 1 atom stereocenters. The molecule has 44 heavy (non-hydrogen) atoms. The highest BCUT2D eigenvalue weighted by molar-refractivity contribution is 8.15. The zero-order valence-electron chi connectivity index (χ0n) is 24.1. The summed E-state index contributed by atoms with van der Waals surface area (Å²) < 4.78 is 42.6. The first-order chi connectivity index (χ1) is 21.0. The van der Waals surface area contributed by atoms with E-state index in [1.54, 1.807) is 4.90 Å². The van der Waals surface area contributed by atoms with Gasteiger partial charge in [0.1, 0.15) is 12.1 Å². The van der Waals surface area contributed by atoms with Crippen LogP contribution in [0.5, 0.6) is 5.75 Å². The van der Waals surface area contributed by atoms with Crippen LogP contribution in [0.4, 0.5) is 23.7 Å². The zero-order valence-corrected chi connectivity index (χ0v) is 24.9. The van der Waals surface area contributed by atoms with Gasteiger partial charge < -0.3 is 10.1 Å². The number of aromatic nitrogens is 3. The van der Waals surface area contributed by atoms with E-state index in [1.807, 2.05) is 63.2 Å². The van der Waals surface area contributed by atoms with Crippen molar-refractivity contribution in [2.75, 3.05) is 10.7 Å². The second-order valence-corrected chi connectivity index (χ2v) is 11.1. The molecule has 0 radical (unpaired) electrons. The quantitative estimate of drug-likeness (QED) is 0.241. The Hall–Kier alpha value is -4.65. The number of benzene rings is 3. The van der Waals surface area contributed by atoms with E-state index in [-0.39, 0.29) is 23.5 Å². The van der Waals surface area contributed by atoms with Gasteiger partial charge in [-0.05, 0) is 67.6 Å². The summed E-state index contributed by atoms with van der Waals surface area (Å²) in [5, 5.41) is 7.68. The highest BCUT2D eigenvalue weighted by Crippen LogP contribution is 2.33. The number of hydrogen-bond donors (Lipinski definition) is 1. The minimum atomic E-state index is -4.76. The van der Waals surface area contributed by atoms with Crippen LogP contribution in [0.25, 0.3) is 17.1 Å². The number of rotatable bonds is 8. The van der Waals surface area contributed by atoms with Crippen LogP contribution >= 0.6 is 11.8 Å². The van der Waals surface area contributed by atoms with E-state index in [9.17, 15) is 22.8 Å². The Labute approximate surface area is 256 Å². The maximum absolute atomic E-state index is 12.8. The first-order valence-electron chi connectivity index (χ1n) is 13.8. The number of carbonyl (C=O) groups is 2. The third kappa shape index (κ3) is 7.28. The second-order valence-electron chi connectivity index (χ2n) is 10.2. The molecule has 0 saturated carbocycles. The SMILES string of the molecule is CCc1cccc(C)c1N1C(=O)CSC1=NC(=O)NC(C)Cc1ccc(-c2ncn(-c3ccc(OC(F)(F)F)cc3)n2)cc1. The van der Waals surface area contributed by atoms with E-state index >= 15 is 0 Å². The first kappa shape index (κ1) is 30.8. The number of urea groups is 1. The van der Waals surface area contributed by atoms with Crippen LogP contribution in [0.15, 0.2) is 78.0 Å². The van der Waals surface area contributed by atoms with Crippen molar-refractivity contribution in [2.24, 2.45) is 4.99 Å². The standard InChI is InChI=1S/C31H29F3N6O3S/c1-4-22-7-5-6-19(2)27(22)40-26(41)17-44-30(40)37-29(42)36-20(3)16-21-8-10-23(11-9-21)28-35-18-39(38-28)24-12-14-25(15-13-24)43-31(32,33)34/h5-15,18,20H,4,16-17H2,1-3H3,(H,36,42). The van der Waals surface area contributed by atoms with Crippen LogP contribution < -0.4 is 15.0 Å². The molecular formula is C31H29F3N6O3S. The average Bonchev–Trinajstić information content (AvgIpc) is 3.60.